The molecular weight excluding hydrogens is 204 g/mol. The predicted octanol–water partition coefficient (Wildman–Crippen LogP) is 2.55. The third kappa shape index (κ3) is 2.43. The van der Waals surface area contributed by atoms with Gasteiger partial charge in [-0.3, -0.25) is 0 Å². The number of ether oxygens (including phenoxy) is 1. The highest BCUT2D eigenvalue weighted by Crippen LogP contribution is 2.38. The molecule has 1 aromatic rings. The van der Waals surface area contributed by atoms with Gasteiger partial charge in [0.15, 0.2) is 0 Å². The molecule has 1 saturated carbocycles. The smallest absolute Gasteiger partial charge is 0.419 e. The van der Waals surface area contributed by atoms with Crippen molar-refractivity contribution in [2.75, 3.05) is 6.61 Å². The van der Waals surface area contributed by atoms with E-state index in [-0.39, 0.29) is 6.09 Å². The Hall–Kier alpha value is -1.32. The summed E-state index contributed by atoms with van der Waals surface area (Å²) in [6.07, 6.45) is 6.67. The highest BCUT2D eigenvalue weighted by molar-refractivity contribution is 5.69. The maximum absolute atomic E-state index is 11.5. The van der Waals surface area contributed by atoms with Crippen molar-refractivity contribution in [2.24, 2.45) is 17.8 Å². The number of carbonyl (C=O) groups excluding carboxylic acids is 1. The van der Waals surface area contributed by atoms with Crippen LogP contribution in [0.15, 0.2) is 18.7 Å². The third-order valence-electron chi connectivity index (χ3n) is 3.37. The Labute approximate surface area is 95.6 Å². The molecular formula is C12H18N2O2. The van der Waals surface area contributed by atoms with E-state index in [0.717, 1.165) is 11.8 Å². The van der Waals surface area contributed by atoms with Gasteiger partial charge in [-0.25, -0.2) is 14.3 Å². The lowest BCUT2D eigenvalue weighted by atomic mass is 9.70. The van der Waals surface area contributed by atoms with Crippen molar-refractivity contribution in [1.82, 2.24) is 9.55 Å². The first kappa shape index (κ1) is 11.2. The second kappa shape index (κ2) is 4.68. The first-order valence-corrected chi connectivity index (χ1v) is 5.82. The average Bonchev–Trinajstić information content (AvgIpc) is 2.66. The van der Waals surface area contributed by atoms with E-state index >= 15 is 0 Å². The van der Waals surface area contributed by atoms with E-state index in [4.69, 9.17) is 4.74 Å². The molecule has 0 unspecified atom stereocenters. The van der Waals surface area contributed by atoms with E-state index in [9.17, 15) is 4.79 Å². The zero-order valence-corrected chi connectivity index (χ0v) is 9.80. The van der Waals surface area contributed by atoms with E-state index in [1.807, 2.05) is 0 Å². The summed E-state index contributed by atoms with van der Waals surface area (Å²) < 4.78 is 6.56. The van der Waals surface area contributed by atoms with Gasteiger partial charge in [0, 0.05) is 12.4 Å². The van der Waals surface area contributed by atoms with Crippen LogP contribution in [0.3, 0.4) is 0 Å². The average molecular weight is 222 g/mol. The second-order valence-electron chi connectivity index (χ2n) is 4.89. The molecule has 0 aromatic carbocycles. The molecule has 2 rings (SSSR count). The lowest BCUT2D eigenvalue weighted by Crippen LogP contribution is -2.32. The maximum atomic E-state index is 11.5. The molecule has 0 N–H and O–H groups in total. The Morgan fingerprint density at radius 3 is 2.88 bits per heavy atom. The van der Waals surface area contributed by atoms with Crippen molar-refractivity contribution in [3.63, 3.8) is 0 Å². The van der Waals surface area contributed by atoms with E-state index in [1.54, 1.807) is 12.4 Å². The Kier molecular flexibility index (Phi) is 3.27. The van der Waals surface area contributed by atoms with Crippen LogP contribution in [0.1, 0.15) is 26.7 Å². The highest BCUT2D eigenvalue weighted by Gasteiger charge is 2.31. The van der Waals surface area contributed by atoms with Gasteiger partial charge in [-0.05, 0) is 30.6 Å². The van der Waals surface area contributed by atoms with Crippen molar-refractivity contribution in [3.8, 4) is 0 Å². The summed E-state index contributed by atoms with van der Waals surface area (Å²) in [5, 5.41) is 0. The van der Waals surface area contributed by atoms with Crippen LogP contribution < -0.4 is 0 Å². The molecule has 4 heteroatoms. The summed E-state index contributed by atoms with van der Waals surface area (Å²) in [5.41, 5.74) is 0. The minimum atomic E-state index is -0.328. The fraction of sp³-hybridized carbons (Fsp3) is 0.667. The summed E-state index contributed by atoms with van der Waals surface area (Å²) in [6, 6.07) is 0. The monoisotopic (exact) mass is 222 g/mol. The Morgan fingerprint density at radius 1 is 1.56 bits per heavy atom. The van der Waals surface area contributed by atoms with E-state index in [1.165, 1.54) is 23.7 Å². The largest absolute Gasteiger partial charge is 0.449 e. The van der Waals surface area contributed by atoms with Crippen molar-refractivity contribution in [1.29, 1.82) is 0 Å². The molecule has 16 heavy (non-hydrogen) atoms. The molecule has 0 aliphatic heterocycles. The van der Waals surface area contributed by atoms with Crippen molar-refractivity contribution < 1.29 is 9.53 Å². The fourth-order valence-electron chi connectivity index (χ4n) is 2.10. The Morgan fingerprint density at radius 2 is 2.31 bits per heavy atom. The number of carbonyl (C=O) groups is 1. The van der Waals surface area contributed by atoms with Crippen LogP contribution >= 0.6 is 0 Å². The number of imidazole rings is 1. The second-order valence-corrected chi connectivity index (χ2v) is 4.89. The highest BCUT2D eigenvalue weighted by atomic mass is 16.5. The molecule has 0 bridgehead atoms. The molecule has 1 heterocycles. The van der Waals surface area contributed by atoms with Gasteiger partial charge in [0.25, 0.3) is 0 Å². The zero-order chi connectivity index (χ0) is 11.5. The first-order valence-electron chi connectivity index (χ1n) is 5.82. The van der Waals surface area contributed by atoms with Crippen molar-refractivity contribution in [3.05, 3.63) is 18.7 Å². The standard InChI is InChI=1S/C12H18N2O2/c1-9(2)11-5-10(6-11)7-16-12(15)14-4-3-13-8-14/h3-4,8-11H,5-7H2,1-2H3. The maximum Gasteiger partial charge on any atom is 0.419 e. The summed E-state index contributed by atoms with van der Waals surface area (Å²) in [4.78, 5) is 15.3. The van der Waals surface area contributed by atoms with E-state index in [2.05, 4.69) is 18.8 Å². The molecule has 1 fully saturated rings. The number of nitrogens with zero attached hydrogens (tertiary/aromatic N) is 2. The van der Waals surface area contributed by atoms with Gasteiger partial charge in [0.05, 0.1) is 6.61 Å². The first-order chi connectivity index (χ1) is 7.66. The predicted molar refractivity (Wildman–Crippen MR) is 60.0 cm³/mol. The molecule has 1 aliphatic carbocycles. The summed E-state index contributed by atoms with van der Waals surface area (Å²) in [7, 11) is 0. The van der Waals surface area contributed by atoms with Crippen LogP contribution in [0.2, 0.25) is 0 Å². The SMILES string of the molecule is CC(C)C1CC(COC(=O)n2ccnc2)C1. The summed E-state index contributed by atoms with van der Waals surface area (Å²) in [6.45, 7) is 5.04. The van der Waals surface area contributed by atoms with Crippen LogP contribution in [-0.4, -0.2) is 22.3 Å². The number of rotatable bonds is 3. The normalized spacial score (nSPS) is 24.2. The molecule has 1 aliphatic rings. The van der Waals surface area contributed by atoms with E-state index < -0.39 is 0 Å². The van der Waals surface area contributed by atoms with Gasteiger partial charge in [0.2, 0.25) is 0 Å². The Bertz CT molecular complexity index is 340. The summed E-state index contributed by atoms with van der Waals surface area (Å²) >= 11 is 0. The fourth-order valence-corrected chi connectivity index (χ4v) is 2.10. The number of aromatic nitrogens is 2. The van der Waals surface area contributed by atoms with Gasteiger partial charge in [-0.2, -0.15) is 0 Å². The van der Waals surface area contributed by atoms with Gasteiger partial charge in [-0.1, -0.05) is 13.8 Å². The molecule has 0 amide bonds. The van der Waals surface area contributed by atoms with Gasteiger partial charge in [0.1, 0.15) is 6.33 Å². The lowest BCUT2D eigenvalue weighted by Gasteiger charge is -2.37. The third-order valence-corrected chi connectivity index (χ3v) is 3.37. The quantitative estimate of drug-likeness (QED) is 0.789. The van der Waals surface area contributed by atoms with Crippen LogP contribution in [0.4, 0.5) is 4.79 Å². The number of hydrogen-bond acceptors (Lipinski definition) is 3. The topological polar surface area (TPSA) is 44.1 Å². The minimum Gasteiger partial charge on any atom is -0.449 e. The molecule has 88 valence electrons. The Balaban J connectivity index is 1.68. The van der Waals surface area contributed by atoms with Crippen LogP contribution in [0.25, 0.3) is 0 Å². The lowest BCUT2D eigenvalue weighted by molar-refractivity contribution is 0.0598. The van der Waals surface area contributed by atoms with Crippen LogP contribution in [-0.2, 0) is 4.74 Å². The molecule has 0 atom stereocenters. The zero-order valence-electron chi connectivity index (χ0n) is 9.80. The van der Waals surface area contributed by atoms with Crippen molar-refractivity contribution in [2.45, 2.75) is 26.7 Å². The molecule has 0 spiro atoms. The molecule has 0 radical (unpaired) electrons. The van der Waals surface area contributed by atoms with E-state index in [0.29, 0.717) is 12.5 Å². The molecule has 1 aromatic heterocycles. The number of hydrogen-bond donors (Lipinski definition) is 0. The summed E-state index contributed by atoms with van der Waals surface area (Å²) in [5.74, 6) is 2.12. The van der Waals surface area contributed by atoms with Crippen LogP contribution in [0.5, 0.6) is 0 Å². The van der Waals surface area contributed by atoms with Gasteiger partial charge < -0.3 is 4.74 Å². The van der Waals surface area contributed by atoms with Crippen LogP contribution in [0, 0.1) is 17.8 Å². The van der Waals surface area contributed by atoms with Gasteiger partial charge >= 0.3 is 6.09 Å². The van der Waals surface area contributed by atoms with Crippen molar-refractivity contribution >= 4 is 6.09 Å². The minimum absolute atomic E-state index is 0.328. The molecule has 4 nitrogen and oxygen atoms in total. The van der Waals surface area contributed by atoms with Gasteiger partial charge in [-0.15, -0.1) is 0 Å². The molecule has 0 saturated heterocycles.